The summed E-state index contributed by atoms with van der Waals surface area (Å²) in [4.78, 5) is 9.98. The first-order chi connectivity index (χ1) is 8.49. The highest BCUT2D eigenvalue weighted by Crippen LogP contribution is 2.34. The summed E-state index contributed by atoms with van der Waals surface area (Å²) in [5.41, 5.74) is -0.514. The van der Waals surface area contributed by atoms with Crippen molar-refractivity contribution in [1.82, 2.24) is 0 Å². The minimum absolute atomic E-state index is 0.00968. The first-order valence-electron chi connectivity index (χ1n) is 4.70. The Balaban J connectivity index is 2.38. The highest BCUT2D eigenvalue weighted by atomic mass is 32.2. The maximum absolute atomic E-state index is 12.9. The Labute approximate surface area is 103 Å². The molecule has 96 valence electrons. The number of anilines is 1. The molecule has 0 aliphatic carbocycles. The summed E-state index contributed by atoms with van der Waals surface area (Å²) in [6, 6.07) is 2.89. The molecule has 2 rings (SSSR count). The van der Waals surface area contributed by atoms with Gasteiger partial charge in [0.05, 0.1) is 16.9 Å². The highest BCUT2D eigenvalue weighted by molar-refractivity contribution is 8.14. The average molecular weight is 277 g/mol. The van der Waals surface area contributed by atoms with Gasteiger partial charge in [-0.25, -0.2) is 18.2 Å². The molecule has 0 fully saturated rings. The first kappa shape index (κ1) is 12.7. The van der Waals surface area contributed by atoms with Gasteiger partial charge in [0.1, 0.15) is 11.5 Å². The molecule has 0 saturated heterocycles. The van der Waals surface area contributed by atoms with Gasteiger partial charge in [-0.2, -0.15) is 5.10 Å². The minimum atomic E-state index is -2.72. The van der Waals surface area contributed by atoms with E-state index in [1.54, 1.807) is 0 Å². The molecule has 0 atom stereocenters. The number of halogens is 3. The zero-order chi connectivity index (χ0) is 13.3. The smallest absolute Gasteiger partial charge is 0.258 e. The molecule has 1 aromatic carbocycles. The van der Waals surface area contributed by atoms with Gasteiger partial charge in [-0.05, 0) is 12.1 Å². The van der Waals surface area contributed by atoms with Crippen LogP contribution in [0.15, 0.2) is 23.3 Å². The first-order valence-corrected chi connectivity index (χ1v) is 5.68. The second-order valence-corrected chi connectivity index (χ2v) is 4.27. The Hall–Kier alpha value is -1.77. The van der Waals surface area contributed by atoms with E-state index in [9.17, 15) is 23.3 Å². The molecule has 0 spiro atoms. The molecule has 5 nitrogen and oxygen atoms in total. The minimum Gasteiger partial charge on any atom is -0.258 e. The van der Waals surface area contributed by atoms with Crippen LogP contribution in [0.1, 0.15) is 0 Å². The molecule has 1 heterocycles. The van der Waals surface area contributed by atoms with Crippen LogP contribution in [-0.4, -0.2) is 22.3 Å². The molecule has 0 N–H and O–H groups in total. The molecule has 0 bridgehead atoms. The topological polar surface area (TPSA) is 58.7 Å². The molecule has 0 saturated carbocycles. The fraction of sp³-hybridized carbons (Fsp3) is 0.222. The van der Waals surface area contributed by atoms with Gasteiger partial charge >= 0.3 is 0 Å². The Morgan fingerprint density at radius 3 is 2.78 bits per heavy atom. The zero-order valence-electron chi connectivity index (χ0n) is 8.72. The van der Waals surface area contributed by atoms with E-state index in [0.29, 0.717) is 0 Å². The molecular weight excluding hydrogens is 271 g/mol. The van der Waals surface area contributed by atoms with Crippen molar-refractivity contribution >= 4 is 28.2 Å². The summed E-state index contributed by atoms with van der Waals surface area (Å²) < 4.78 is 37.7. The van der Waals surface area contributed by atoms with Crippen LogP contribution in [0.5, 0.6) is 0 Å². The fourth-order valence-corrected chi connectivity index (χ4v) is 2.13. The standard InChI is InChI=1S/C9H6F3N3O2S/c10-5-1-2-6(7(3-5)15(16)17)14-4-18-9(13-14)8(11)12/h1-3,8H,4H2. The van der Waals surface area contributed by atoms with Gasteiger partial charge in [-0.3, -0.25) is 10.1 Å². The molecule has 1 aliphatic heterocycles. The summed E-state index contributed by atoms with van der Waals surface area (Å²) >= 11 is 0.788. The third-order valence-electron chi connectivity index (χ3n) is 2.15. The van der Waals surface area contributed by atoms with Crippen LogP contribution in [0.2, 0.25) is 0 Å². The van der Waals surface area contributed by atoms with Gasteiger partial charge in [0.15, 0.2) is 5.04 Å². The number of hydrogen-bond donors (Lipinski definition) is 0. The third kappa shape index (κ3) is 2.40. The predicted octanol–water partition coefficient (Wildman–Crippen LogP) is 2.82. The SMILES string of the molecule is O=[N+]([O-])c1cc(F)ccc1N1CSC(C(F)F)=N1. The lowest BCUT2D eigenvalue weighted by molar-refractivity contribution is -0.384. The van der Waals surface area contributed by atoms with Crippen molar-refractivity contribution in [2.24, 2.45) is 5.10 Å². The fourth-order valence-electron chi connectivity index (χ4n) is 1.40. The lowest BCUT2D eigenvalue weighted by Crippen LogP contribution is -2.13. The van der Waals surface area contributed by atoms with Crippen molar-refractivity contribution in [2.45, 2.75) is 6.43 Å². The molecule has 1 aromatic rings. The zero-order valence-corrected chi connectivity index (χ0v) is 9.53. The summed E-state index contributed by atoms with van der Waals surface area (Å²) in [7, 11) is 0. The van der Waals surface area contributed by atoms with E-state index in [0.717, 1.165) is 35.0 Å². The monoisotopic (exact) mass is 277 g/mol. The molecule has 9 heteroatoms. The lowest BCUT2D eigenvalue weighted by atomic mass is 10.2. The van der Waals surface area contributed by atoms with Gasteiger partial charge in [-0.1, -0.05) is 11.8 Å². The van der Waals surface area contributed by atoms with Crippen molar-refractivity contribution in [3.63, 3.8) is 0 Å². The van der Waals surface area contributed by atoms with E-state index in [1.165, 1.54) is 0 Å². The number of thioether (sulfide) groups is 1. The van der Waals surface area contributed by atoms with Crippen molar-refractivity contribution in [3.05, 3.63) is 34.1 Å². The predicted molar refractivity (Wildman–Crippen MR) is 61.4 cm³/mol. The molecule has 0 radical (unpaired) electrons. The maximum atomic E-state index is 12.9. The number of hydrazone groups is 1. The Morgan fingerprint density at radius 2 is 2.22 bits per heavy atom. The van der Waals surface area contributed by atoms with Crippen LogP contribution in [0.25, 0.3) is 0 Å². The normalized spacial score (nSPS) is 15.1. The number of nitrogens with zero attached hydrogens (tertiary/aromatic N) is 3. The molecule has 0 unspecified atom stereocenters. The van der Waals surface area contributed by atoms with Crippen LogP contribution in [0, 0.1) is 15.9 Å². The van der Waals surface area contributed by atoms with Crippen LogP contribution in [0.4, 0.5) is 24.5 Å². The van der Waals surface area contributed by atoms with Gasteiger partial charge in [0, 0.05) is 0 Å². The van der Waals surface area contributed by atoms with E-state index < -0.39 is 27.9 Å². The van der Waals surface area contributed by atoms with Crippen molar-refractivity contribution in [2.75, 3.05) is 10.9 Å². The van der Waals surface area contributed by atoms with Gasteiger partial charge in [0.25, 0.3) is 12.1 Å². The highest BCUT2D eigenvalue weighted by Gasteiger charge is 2.28. The summed E-state index contributed by atoms with van der Waals surface area (Å²) in [6.07, 6.45) is -2.72. The second-order valence-electron chi connectivity index (χ2n) is 3.30. The van der Waals surface area contributed by atoms with Gasteiger partial charge in [0.2, 0.25) is 0 Å². The maximum Gasteiger partial charge on any atom is 0.297 e. The van der Waals surface area contributed by atoms with Crippen molar-refractivity contribution in [1.29, 1.82) is 0 Å². The average Bonchev–Trinajstić information content (AvgIpc) is 2.78. The van der Waals surface area contributed by atoms with E-state index in [2.05, 4.69) is 5.10 Å². The molecule has 1 aliphatic rings. The number of nitro benzene ring substituents is 1. The summed E-state index contributed by atoms with van der Waals surface area (Å²) in [5.74, 6) is -0.734. The largest absolute Gasteiger partial charge is 0.297 e. The van der Waals surface area contributed by atoms with Gasteiger partial charge in [-0.15, -0.1) is 0 Å². The van der Waals surface area contributed by atoms with E-state index >= 15 is 0 Å². The Bertz CT molecular complexity index is 524. The van der Waals surface area contributed by atoms with Crippen molar-refractivity contribution in [3.8, 4) is 0 Å². The van der Waals surface area contributed by atoms with Crippen LogP contribution in [0.3, 0.4) is 0 Å². The van der Waals surface area contributed by atoms with E-state index in [1.807, 2.05) is 0 Å². The Kier molecular flexibility index (Phi) is 3.41. The third-order valence-corrected chi connectivity index (χ3v) is 3.08. The van der Waals surface area contributed by atoms with Gasteiger partial charge < -0.3 is 0 Å². The molecule has 0 aromatic heterocycles. The number of hydrogen-bond acceptors (Lipinski definition) is 5. The molecule has 0 amide bonds. The number of alkyl halides is 2. The molecular formula is C9H6F3N3O2S. The molecule has 18 heavy (non-hydrogen) atoms. The van der Waals surface area contributed by atoms with Crippen LogP contribution < -0.4 is 5.01 Å². The van der Waals surface area contributed by atoms with Crippen LogP contribution in [-0.2, 0) is 0 Å². The quantitative estimate of drug-likeness (QED) is 0.629. The second kappa shape index (κ2) is 4.84. The van der Waals surface area contributed by atoms with E-state index in [4.69, 9.17) is 0 Å². The number of benzene rings is 1. The lowest BCUT2D eigenvalue weighted by Gasteiger charge is -2.12. The van der Waals surface area contributed by atoms with E-state index in [-0.39, 0.29) is 11.6 Å². The van der Waals surface area contributed by atoms with Crippen molar-refractivity contribution < 1.29 is 18.1 Å². The number of nitro groups is 1. The summed E-state index contributed by atoms with van der Waals surface area (Å²) in [5, 5.41) is 15.0. The summed E-state index contributed by atoms with van der Waals surface area (Å²) in [6.45, 7) is 0. The van der Waals surface area contributed by atoms with Crippen LogP contribution >= 0.6 is 11.8 Å². The Morgan fingerprint density at radius 1 is 1.50 bits per heavy atom. The number of rotatable bonds is 3.